The predicted octanol–water partition coefficient (Wildman–Crippen LogP) is 3.40. The van der Waals surface area contributed by atoms with Gasteiger partial charge in [-0.15, -0.1) is 0 Å². The lowest BCUT2D eigenvalue weighted by Gasteiger charge is -2.12. The van der Waals surface area contributed by atoms with Crippen molar-refractivity contribution < 1.29 is 9.47 Å². The Bertz CT molecular complexity index is 533. The minimum absolute atomic E-state index is 0.499. The smallest absolute Gasteiger partial charge is 0.120 e. The van der Waals surface area contributed by atoms with Crippen molar-refractivity contribution >= 4 is 0 Å². The van der Waals surface area contributed by atoms with Gasteiger partial charge in [0.05, 0.1) is 0 Å². The van der Waals surface area contributed by atoms with Gasteiger partial charge in [0, 0.05) is 6.04 Å². The standard InChI is InChI=1S/C18H21NO2/c1-2-5-15(6-3-1)13-20-17-8-10-18(11-9-17)21-14-16-7-4-12-19-16/h1-3,5-6,8-11,16,19H,4,7,12-14H2. The summed E-state index contributed by atoms with van der Waals surface area (Å²) in [6.07, 6.45) is 2.46. The van der Waals surface area contributed by atoms with E-state index in [-0.39, 0.29) is 0 Å². The van der Waals surface area contributed by atoms with E-state index >= 15 is 0 Å². The Morgan fingerprint density at radius 2 is 1.62 bits per heavy atom. The maximum atomic E-state index is 5.79. The number of hydrogen-bond acceptors (Lipinski definition) is 3. The van der Waals surface area contributed by atoms with Crippen LogP contribution in [0.4, 0.5) is 0 Å². The van der Waals surface area contributed by atoms with Crippen LogP contribution in [0, 0.1) is 0 Å². The van der Waals surface area contributed by atoms with E-state index in [1.165, 1.54) is 18.4 Å². The van der Waals surface area contributed by atoms with Crippen LogP contribution < -0.4 is 14.8 Å². The molecule has 2 aromatic carbocycles. The Morgan fingerprint density at radius 1 is 0.905 bits per heavy atom. The molecule has 1 aliphatic heterocycles. The molecule has 0 bridgehead atoms. The second kappa shape index (κ2) is 7.14. The molecule has 0 spiro atoms. The summed E-state index contributed by atoms with van der Waals surface area (Å²) in [7, 11) is 0. The number of benzene rings is 2. The number of hydrogen-bond donors (Lipinski definition) is 1. The molecule has 1 heterocycles. The van der Waals surface area contributed by atoms with E-state index in [9.17, 15) is 0 Å². The second-order valence-corrected chi connectivity index (χ2v) is 5.35. The van der Waals surface area contributed by atoms with E-state index in [4.69, 9.17) is 9.47 Å². The summed E-state index contributed by atoms with van der Waals surface area (Å²) >= 11 is 0. The zero-order valence-corrected chi connectivity index (χ0v) is 12.1. The average molecular weight is 283 g/mol. The first-order chi connectivity index (χ1) is 10.4. The molecule has 1 atom stereocenters. The van der Waals surface area contributed by atoms with Gasteiger partial charge in [-0.25, -0.2) is 0 Å². The van der Waals surface area contributed by atoms with Gasteiger partial charge in [0.15, 0.2) is 0 Å². The molecule has 110 valence electrons. The van der Waals surface area contributed by atoms with Gasteiger partial charge in [-0.2, -0.15) is 0 Å². The molecule has 1 saturated heterocycles. The second-order valence-electron chi connectivity index (χ2n) is 5.35. The molecule has 1 fully saturated rings. The molecule has 0 saturated carbocycles. The molecule has 1 unspecified atom stereocenters. The zero-order chi connectivity index (χ0) is 14.3. The summed E-state index contributed by atoms with van der Waals surface area (Å²) in [5.74, 6) is 1.76. The van der Waals surface area contributed by atoms with Crippen LogP contribution in [0.2, 0.25) is 0 Å². The van der Waals surface area contributed by atoms with Crippen LogP contribution in [-0.4, -0.2) is 19.2 Å². The lowest BCUT2D eigenvalue weighted by molar-refractivity contribution is 0.275. The summed E-state index contributed by atoms with van der Waals surface area (Å²) in [6.45, 7) is 2.44. The van der Waals surface area contributed by atoms with Crippen molar-refractivity contribution in [1.82, 2.24) is 5.32 Å². The van der Waals surface area contributed by atoms with Crippen LogP contribution in [-0.2, 0) is 6.61 Å². The van der Waals surface area contributed by atoms with Gasteiger partial charge >= 0.3 is 0 Å². The third kappa shape index (κ3) is 4.23. The van der Waals surface area contributed by atoms with E-state index in [2.05, 4.69) is 17.4 Å². The molecule has 0 aliphatic carbocycles. The van der Waals surface area contributed by atoms with Crippen molar-refractivity contribution in [1.29, 1.82) is 0 Å². The highest BCUT2D eigenvalue weighted by atomic mass is 16.5. The molecule has 0 radical (unpaired) electrons. The molecule has 3 heteroatoms. The van der Waals surface area contributed by atoms with Crippen molar-refractivity contribution in [2.45, 2.75) is 25.5 Å². The first-order valence-corrected chi connectivity index (χ1v) is 7.53. The van der Waals surface area contributed by atoms with E-state index in [1.54, 1.807) is 0 Å². The van der Waals surface area contributed by atoms with Crippen molar-refractivity contribution in [3.63, 3.8) is 0 Å². The fraction of sp³-hybridized carbons (Fsp3) is 0.333. The maximum absolute atomic E-state index is 5.79. The number of ether oxygens (including phenoxy) is 2. The molecule has 0 amide bonds. The Morgan fingerprint density at radius 3 is 2.29 bits per heavy atom. The van der Waals surface area contributed by atoms with Gasteiger partial charge < -0.3 is 14.8 Å². The monoisotopic (exact) mass is 283 g/mol. The normalized spacial score (nSPS) is 17.6. The van der Waals surface area contributed by atoms with Crippen LogP contribution in [0.3, 0.4) is 0 Å². The van der Waals surface area contributed by atoms with E-state index < -0.39 is 0 Å². The quantitative estimate of drug-likeness (QED) is 0.881. The summed E-state index contributed by atoms with van der Waals surface area (Å²) in [5.41, 5.74) is 1.17. The average Bonchev–Trinajstić information content (AvgIpc) is 3.06. The number of rotatable bonds is 6. The summed E-state index contributed by atoms with van der Waals surface area (Å²) in [6, 6.07) is 18.5. The maximum Gasteiger partial charge on any atom is 0.120 e. The van der Waals surface area contributed by atoms with Crippen LogP contribution in [0.15, 0.2) is 54.6 Å². The van der Waals surface area contributed by atoms with Crippen LogP contribution >= 0.6 is 0 Å². The molecular weight excluding hydrogens is 262 g/mol. The topological polar surface area (TPSA) is 30.5 Å². The molecule has 3 rings (SSSR count). The molecule has 1 N–H and O–H groups in total. The Balaban J connectivity index is 1.47. The first-order valence-electron chi connectivity index (χ1n) is 7.53. The molecule has 2 aromatic rings. The Kier molecular flexibility index (Phi) is 4.74. The summed E-state index contributed by atoms with van der Waals surface area (Å²) in [4.78, 5) is 0. The van der Waals surface area contributed by atoms with Gasteiger partial charge in [-0.1, -0.05) is 30.3 Å². The van der Waals surface area contributed by atoms with Crippen molar-refractivity contribution in [3.8, 4) is 11.5 Å². The SMILES string of the molecule is c1ccc(COc2ccc(OCC3CCCN3)cc2)cc1. The van der Waals surface area contributed by atoms with E-state index in [0.717, 1.165) is 24.7 Å². The fourth-order valence-corrected chi connectivity index (χ4v) is 2.47. The highest BCUT2D eigenvalue weighted by Gasteiger charge is 2.14. The molecule has 21 heavy (non-hydrogen) atoms. The van der Waals surface area contributed by atoms with E-state index in [0.29, 0.717) is 12.6 Å². The molecular formula is C18H21NO2. The first kappa shape index (κ1) is 14.0. The molecule has 0 aromatic heterocycles. The van der Waals surface area contributed by atoms with Gasteiger partial charge in [-0.3, -0.25) is 0 Å². The van der Waals surface area contributed by atoms with Crippen LogP contribution in [0.1, 0.15) is 18.4 Å². The Hall–Kier alpha value is -2.00. The lowest BCUT2D eigenvalue weighted by atomic mass is 10.2. The molecule has 1 aliphatic rings. The van der Waals surface area contributed by atoms with Crippen LogP contribution in [0.5, 0.6) is 11.5 Å². The van der Waals surface area contributed by atoms with Gasteiger partial charge in [0.2, 0.25) is 0 Å². The minimum atomic E-state index is 0.499. The highest BCUT2D eigenvalue weighted by molar-refractivity contribution is 5.31. The lowest BCUT2D eigenvalue weighted by Crippen LogP contribution is -2.28. The largest absolute Gasteiger partial charge is 0.492 e. The van der Waals surface area contributed by atoms with Crippen molar-refractivity contribution in [2.75, 3.05) is 13.2 Å². The van der Waals surface area contributed by atoms with Crippen LogP contribution in [0.25, 0.3) is 0 Å². The van der Waals surface area contributed by atoms with Crippen molar-refractivity contribution in [3.05, 3.63) is 60.2 Å². The summed E-state index contributed by atoms with van der Waals surface area (Å²) in [5, 5.41) is 3.43. The zero-order valence-electron chi connectivity index (χ0n) is 12.1. The van der Waals surface area contributed by atoms with Gasteiger partial charge in [-0.05, 0) is 49.2 Å². The molecule has 3 nitrogen and oxygen atoms in total. The van der Waals surface area contributed by atoms with Crippen molar-refractivity contribution in [2.24, 2.45) is 0 Å². The van der Waals surface area contributed by atoms with E-state index in [1.807, 2.05) is 42.5 Å². The highest BCUT2D eigenvalue weighted by Crippen LogP contribution is 2.19. The minimum Gasteiger partial charge on any atom is -0.492 e. The fourth-order valence-electron chi connectivity index (χ4n) is 2.47. The van der Waals surface area contributed by atoms with Gasteiger partial charge in [0.25, 0.3) is 0 Å². The third-order valence-corrected chi connectivity index (χ3v) is 3.69. The number of nitrogens with one attached hydrogen (secondary N) is 1. The third-order valence-electron chi connectivity index (χ3n) is 3.69. The Labute approximate surface area is 125 Å². The predicted molar refractivity (Wildman–Crippen MR) is 83.7 cm³/mol. The summed E-state index contributed by atoms with van der Waals surface area (Å²) < 4.78 is 11.5. The van der Waals surface area contributed by atoms with Gasteiger partial charge in [0.1, 0.15) is 24.7 Å².